The van der Waals surface area contributed by atoms with Crippen LogP contribution in [0.3, 0.4) is 0 Å². The van der Waals surface area contributed by atoms with Gasteiger partial charge in [0.25, 0.3) is 5.56 Å². The SMILES string of the molecule is CCn1nc(-c2cccc(-c3cccc(CC(=O)NCCC4(N(C)C)CCCC4)c3)c2)cc(NC(=O)Nc2c(Cl)cncc2Cl)c1=O. The van der Waals surface area contributed by atoms with Crippen molar-refractivity contribution in [3.8, 4) is 22.4 Å². The molecule has 1 aliphatic rings. The topological polar surface area (TPSA) is 121 Å². The van der Waals surface area contributed by atoms with Crippen LogP contribution in [0, 0.1) is 0 Å². The Hall–Kier alpha value is -4.25. The number of nitrogens with zero attached hydrogens (tertiary/aromatic N) is 4. The molecule has 0 spiro atoms. The maximum atomic E-state index is 13.1. The fourth-order valence-electron chi connectivity index (χ4n) is 6.14. The highest BCUT2D eigenvalue weighted by Gasteiger charge is 2.35. The van der Waals surface area contributed by atoms with Crippen LogP contribution in [0.2, 0.25) is 10.0 Å². The molecule has 3 amide bonds. The minimum absolute atomic E-state index is 0.00589. The summed E-state index contributed by atoms with van der Waals surface area (Å²) in [5.74, 6) is 0.00589. The number of aryl methyl sites for hydroxylation is 1. The summed E-state index contributed by atoms with van der Waals surface area (Å²) < 4.78 is 1.29. The number of carbonyl (C=O) groups is 2. The van der Waals surface area contributed by atoms with E-state index in [0.29, 0.717) is 25.2 Å². The van der Waals surface area contributed by atoms with Gasteiger partial charge in [-0.15, -0.1) is 0 Å². The number of benzene rings is 2. The molecule has 246 valence electrons. The quantitative estimate of drug-likeness (QED) is 0.160. The Bertz CT molecular complexity index is 1800. The zero-order valence-corrected chi connectivity index (χ0v) is 28.3. The maximum absolute atomic E-state index is 13.1. The Morgan fingerprint density at radius 2 is 1.60 bits per heavy atom. The lowest BCUT2D eigenvalue weighted by Gasteiger charge is -2.36. The molecule has 47 heavy (non-hydrogen) atoms. The number of hydrogen-bond donors (Lipinski definition) is 3. The van der Waals surface area contributed by atoms with Crippen LogP contribution >= 0.6 is 23.2 Å². The average Bonchev–Trinajstić information content (AvgIpc) is 3.54. The zero-order chi connectivity index (χ0) is 33.6. The molecule has 0 saturated heterocycles. The molecule has 4 aromatic rings. The number of urea groups is 1. The van der Waals surface area contributed by atoms with E-state index in [-0.39, 0.29) is 32.9 Å². The van der Waals surface area contributed by atoms with E-state index in [0.717, 1.165) is 28.7 Å². The van der Waals surface area contributed by atoms with E-state index in [4.69, 9.17) is 23.2 Å². The van der Waals surface area contributed by atoms with E-state index in [9.17, 15) is 14.4 Å². The highest BCUT2D eigenvalue weighted by atomic mass is 35.5. The number of aromatic nitrogens is 3. The van der Waals surface area contributed by atoms with Crippen molar-refractivity contribution in [2.75, 3.05) is 31.3 Å². The Balaban J connectivity index is 1.30. The Morgan fingerprint density at radius 3 is 2.28 bits per heavy atom. The molecule has 3 N–H and O–H groups in total. The predicted octanol–water partition coefficient (Wildman–Crippen LogP) is 6.87. The van der Waals surface area contributed by atoms with Crippen molar-refractivity contribution in [3.63, 3.8) is 0 Å². The molecule has 0 aliphatic heterocycles. The highest BCUT2D eigenvalue weighted by molar-refractivity contribution is 6.39. The number of halogens is 2. The van der Waals surface area contributed by atoms with E-state index in [1.54, 1.807) is 6.92 Å². The van der Waals surface area contributed by atoms with Crippen LogP contribution in [0.5, 0.6) is 0 Å². The Kier molecular flexibility index (Phi) is 11.0. The molecule has 0 atom stereocenters. The van der Waals surface area contributed by atoms with Gasteiger partial charge in [0, 0.05) is 36.6 Å². The molecule has 10 nitrogen and oxygen atoms in total. The fraction of sp³-hybridized carbons (Fsp3) is 0.343. The summed E-state index contributed by atoms with van der Waals surface area (Å²) in [6, 6.07) is 16.5. The summed E-state index contributed by atoms with van der Waals surface area (Å²) >= 11 is 12.3. The second-order valence-electron chi connectivity index (χ2n) is 12.0. The van der Waals surface area contributed by atoms with E-state index in [1.807, 2.05) is 48.5 Å². The van der Waals surface area contributed by atoms with Crippen molar-refractivity contribution in [1.82, 2.24) is 25.0 Å². The van der Waals surface area contributed by atoms with Crippen molar-refractivity contribution < 1.29 is 9.59 Å². The van der Waals surface area contributed by atoms with Gasteiger partial charge in [0.15, 0.2) is 0 Å². The first-order valence-electron chi connectivity index (χ1n) is 15.7. The summed E-state index contributed by atoms with van der Waals surface area (Å²) in [6.07, 6.45) is 8.79. The van der Waals surface area contributed by atoms with Crippen LogP contribution in [-0.2, 0) is 17.8 Å². The molecule has 2 heterocycles. The first-order chi connectivity index (χ1) is 22.6. The molecule has 0 bridgehead atoms. The average molecular weight is 677 g/mol. The summed E-state index contributed by atoms with van der Waals surface area (Å²) in [7, 11) is 4.27. The van der Waals surface area contributed by atoms with E-state index < -0.39 is 11.6 Å². The third-order valence-electron chi connectivity index (χ3n) is 8.79. The van der Waals surface area contributed by atoms with Crippen LogP contribution < -0.4 is 21.5 Å². The van der Waals surface area contributed by atoms with Gasteiger partial charge in [0.05, 0.1) is 27.8 Å². The van der Waals surface area contributed by atoms with E-state index in [2.05, 4.69) is 45.0 Å². The number of pyridine rings is 1. The molecule has 5 rings (SSSR count). The van der Waals surface area contributed by atoms with Gasteiger partial charge in [0.1, 0.15) is 5.69 Å². The van der Waals surface area contributed by atoms with Crippen molar-refractivity contribution in [2.45, 2.75) is 57.5 Å². The summed E-state index contributed by atoms with van der Waals surface area (Å²) in [5.41, 5.74) is 3.97. The van der Waals surface area contributed by atoms with Crippen LogP contribution in [0.4, 0.5) is 16.2 Å². The monoisotopic (exact) mass is 675 g/mol. The largest absolute Gasteiger partial charge is 0.356 e. The third kappa shape index (κ3) is 8.19. The molecular weight excluding hydrogens is 637 g/mol. The van der Waals surface area contributed by atoms with Crippen LogP contribution in [-0.4, -0.2) is 57.8 Å². The first kappa shape index (κ1) is 34.1. The predicted molar refractivity (Wildman–Crippen MR) is 188 cm³/mol. The molecule has 1 fully saturated rings. The van der Waals surface area contributed by atoms with Crippen molar-refractivity contribution in [3.05, 3.63) is 93.0 Å². The van der Waals surface area contributed by atoms with E-state index >= 15 is 0 Å². The fourth-order valence-corrected chi connectivity index (χ4v) is 6.60. The van der Waals surface area contributed by atoms with Gasteiger partial charge in [-0.1, -0.05) is 78.5 Å². The molecule has 0 unspecified atom stereocenters. The van der Waals surface area contributed by atoms with Gasteiger partial charge in [-0.2, -0.15) is 5.10 Å². The Labute approximate surface area is 284 Å². The smallest absolute Gasteiger partial charge is 0.323 e. The first-order valence-corrected chi connectivity index (χ1v) is 16.5. The number of rotatable bonds is 11. The van der Waals surface area contributed by atoms with Crippen molar-refractivity contribution >= 4 is 46.5 Å². The van der Waals surface area contributed by atoms with Gasteiger partial charge in [-0.3, -0.25) is 14.6 Å². The molecule has 12 heteroatoms. The van der Waals surface area contributed by atoms with Gasteiger partial charge in [-0.25, -0.2) is 9.48 Å². The molecule has 1 saturated carbocycles. The zero-order valence-electron chi connectivity index (χ0n) is 26.8. The van der Waals surface area contributed by atoms with Gasteiger partial charge in [0.2, 0.25) is 5.91 Å². The maximum Gasteiger partial charge on any atom is 0.323 e. The minimum Gasteiger partial charge on any atom is -0.356 e. The number of nitrogens with one attached hydrogen (secondary N) is 3. The van der Waals surface area contributed by atoms with Crippen molar-refractivity contribution in [1.29, 1.82) is 0 Å². The van der Waals surface area contributed by atoms with Gasteiger partial charge in [-0.05, 0) is 69.1 Å². The normalized spacial score (nSPS) is 13.8. The summed E-state index contributed by atoms with van der Waals surface area (Å²) in [4.78, 5) is 45.0. The van der Waals surface area contributed by atoms with Crippen LogP contribution in [0.15, 0.2) is 71.8 Å². The summed E-state index contributed by atoms with van der Waals surface area (Å²) in [5, 5.41) is 13.2. The minimum atomic E-state index is -0.692. The lowest BCUT2D eigenvalue weighted by Crippen LogP contribution is -2.44. The number of anilines is 2. The third-order valence-corrected chi connectivity index (χ3v) is 9.37. The summed E-state index contributed by atoms with van der Waals surface area (Å²) in [6.45, 7) is 2.76. The standard InChI is InChI=1S/C35H39Cl2N7O3/c1-4-44-33(46)30(40-34(47)41-32-27(36)21-38-22-28(32)37)20-29(42-44)26-12-8-11-25(19-26)24-10-7-9-23(17-24)18-31(45)39-16-15-35(43(2)3)13-5-6-14-35/h7-12,17,19-22H,4-6,13-16,18H2,1-3H3,(H,39,45)(H2,38,40,41,47). The second-order valence-corrected chi connectivity index (χ2v) is 12.8. The Morgan fingerprint density at radius 1 is 0.936 bits per heavy atom. The highest BCUT2D eigenvalue weighted by Crippen LogP contribution is 2.36. The molecule has 1 aliphatic carbocycles. The molecule has 0 radical (unpaired) electrons. The molecule has 2 aromatic heterocycles. The number of carbonyl (C=O) groups excluding carboxylic acids is 2. The lowest BCUT2D eigenvalue weighted by atomic mass is 9.92. The number of amides is 3. The van der Waals surface area contributed by atoms with E-state index in [1.165, 1.54) is 48.8 Å². The lowest BCUT2D eigenvalue weighted by molar-refractivity contribution is -0.120. The molecule has 2 aromatic carbocycles. The van der Waals surface area contributed by atoms with Gasteiger partial charge >= 0.3 is 6.03 Å². The molecular formula is C35H39Cl2N7O3. The van der Waals surface area contributed by atoms with Gasteiger partial charge < -0.3 is 20.9 Å². The van der Waals surface area contributed by atoms with Crippen molar-refractivity contribution in [2.24, 2.45) is 0 Å². The van der Waals surface area contributed by atoms with Crippen LogP contribution in [0.1, 0.15) is 44.6 Å². The second kappa shape index (κ2) is 15.1. The number of hydrogen-bond acceptors (Lipinski definition) is 6. The van der Waals surface area contributed by atoms with Crippen LogP contribution in [0.25, 0.3) is 22.4 Å².